The molecule has 2 atom stereocenters. The van der Waals surface area contributed by atoms with Gasteiger partial charge in [0.1, 0.15) is 0 Å². The lowest BCUT2D eigenvalue weighted by Gasteiger charge is -2.35. The molecule has 6 heteroatoms. The molecular weight excluding hydrogens is 250 g/mol. The van der Waals surface area contributed by atoms with E-state index in [1.807, 2.05) is 26.2 Å². The Bertz CT molecular complexity index is 411. The Kier molecular flexibility index (Phi) is 4.19. The Hall–Kier alpha value is -1.14. The van der Waals surface area contributed by atoms with E-state index in [1.54, 1.807) is 16.2 Å². The summed E-state index contributed by atoms with van der Waals surface area (Å²) in [4.78, 5) is 18.1. The quantitative estimate of drug-likeness (QED) is 0.890. The highest BCUT2D eigenvalue weighted by Gasteiger charge is 2.25. The molecule has 1 saturated heterocycles. The molecule has 18 heavy (non-hydrogen) atoms. The van der Waals surface area contributed by atoms with E-state index in [0.29, 0.717) is 19.6 Å². The van der Waals surface area contributed by atoms with Gasteiger partial charge in [0.05, 0.1) is 29.5 Å². The highest BCUT2D eigenvalue weighted by atomic mass is 32.1. The second-order valence-electron chi connectivity index (χ2n) is 4.68. The highest BCUT2D eigenvalue weighted by molar-refractivity contribution is 7.09. The van der Waals surface area contributed by atoms with Gasteiger partial charge in [-0.2, -0.15) is 0 Å². The molecule has 5 nitrogen and oxygen atoms in total. The van der Waals surface area contributed by atoms with Crippen LogP contribution in [-0.4, -0.2) is 41.2 Å². The molecule has 0 aliphatic carbocycles. The fourth-order valence-corrected chi connectivity index (χ4v) is 2.72. The number of urea groups is 1. The first-order valence-electron chi connectivity index (χ1n) is 6.14. The van der Waals surface area contributed by atoms with Gasteiger partial charge in [-0.15, -0.1) is 11.3 Å². The van der Waals surface area contributed by atoms with Crippen molar-refractivity contribution in [1.82, 2.24) is 15.2 Å². The van der Waals surface area contributed by atoms with E-state index in [2.05, 4.69) is 10.3 Å². The second kappa shape index (κ2) is 5.67. The number of aryl methyl sites for hydroxylation is 1. The van der Waals surface area contributed by atoms with Crippen LogP contribution < -0.4 is 5.32 Å². The van der Waals surface area contributed by atoms with E-state index >= 15 is 0 Å². The van der Waals surface area contributed by atoms with E-state index in [9.17, 15) is 4.79 Å². The summed E-state index contributed by atoms with van der Waals surface area (Å²) in [5.41, 5.74) is 0.917. The normalized spacial score (nSPS) is 24.1. The number of amides is 2. The first kappa shape index (κ1) is 13.3. The standard InChI is InChI=1S/C12H19N3O2S/c1-8-5-15(6-9(2)17-8)12(16)13-4-11-7-18-10(3)14-11/h7-9H,4-6H2,1-3H3,(H,13,16). The number of thiazole rings is 1. The Morgan fingerprint density at radius 2 is 2.22 bits per heavy atom. The molecule has 1 aliphatic heterocycles. The van der Waals surface area contributed by atoms with Crippen molar-refractivity contribution in [3.63, 3.8) is 0 Å². The summed E-state index contributed by atoms with van der Waals surface area (Å²) < 4.78 is 5.60. The molecule has 1 aromatic heterocycles. The van der Waals surface area contributed by atoms with Crippen LogP contribution in [0.1, 0.15) is 24.5 Å². The summed E-state index contributed by atoms with van der Waals surface area (Å²) in [5, 5.41) is 5.89. The van der Waals surface area contributed by atoms with Crippen LogP contribution in [0.5, 0.6) is 0 Å². The van der Waals surface area contributed by atoms with Crippen LogP contribution in [0.4, 0.5) is 4.79 Å². The topological polar surface area (TPSA) is 54.5 Å². The summed E-state index contributed by atoms with van der Waals surface area (Å²) >= 11 is 1.60. The number of ether oxygens (including phenoxy) is 1. The maximum absolute atomic E-state index is 12.0. The molecule has 0 bridgehead atoms. The summed E-state index contributed by atoms with van der Waals surface area (Å²) in [6.07, 6.45) is 0.196. The highest BCUT2D eigenvalue weighted by Crippen LogP contribution is 2.11. The molecule has 1 aliphatic rings. The van der Waals surface area contributed by atoms with Gasteiger partial charge in [0.2, 0.25) is 0 Å². The van der Waals surface area contributed by atoms with Crippen LogP contribution in [0, 0.1) is 6.92 Å². The van der Waals surface area contributed by atoms with Crippen LogP contribution in [0.15, 0.2) is 5.38 Å². The van der Waals surface area contributed by atoms with Gasteiger partial charge >= 0.3 is 6.03 Å². The molecule has 100 valence electrons. The number of carbonyl (C=O) groups excluding carboxylic acids is 1. The average molecular weight is 269 g/mol. The molecule has 1 N–H and O–H groups in total. The first-order valence-corrected chi connectivity index (χ1v) is 7.02. The van der Waals surface area contributed by atoms with E-state index in [4.69, 9.17) is 4.74 Å². The predicted molar refractivity (Wildman–Crippen MR) is 70.7 cm³/mol. The van der Waals surface area contributed by atoms with Crippen molar-refractivity contribution in [2.24, 2.45) is 0 Å². The molecule has 1 fully saturated rings. The van der Waals surface area contributed by atoms with Gasteiger partial charge < -0.3 is 15.0 Å². The average Bonchev–Trinajstić information content (AvgIpc) is 2.70. The molecule has 1 aromatic rings. The lowest BCUT2D eigenvalue weighted by Crippen LogP contribution is -2.51. The number of nitrogens with zero attached hydrogens (tertiary/aromatic N) is 2. The van der Waals surface area contributed by atoms with Gasteiger partial charge in [-0.1, -0.05) is 0 Å². The summed E-state index contributed by atoms with van der Waals surface area (Å²) in [6, 6.07) is -0.0392. The maximum atomic E-state index is 12.0. The minimum atomic E-state index is -0.0392. The van der Waals surface area contributed by atoms with Crippen molar-refractivity contribution in [3.8, 4) is 0 Å². The Morgan fingerprint density at radius 3 is 2.78 bits per heavy atom. The van der Waals surface area contributed by atoms with Crippen molar-refractivity contribution in [1.29, 1.82) is 0 Å². The largest absolute Gasteiger partial charge is 0.372 e. The Morgan fingerprint density at radius 1 is 1.56 bits per heavy atom. The van der Waals surface area contributed by atoms with Crippen molar-refractivity contribution < 1.29 is 9.53 Å². The number of aromatic nitrogens is 1. The predicted octanol–water partition coefficient (Wildman–Crippen LogP) is 1.77. The molecule has 2 unspecified atom stereocenters. The van der Waals surface area contributed by atoms with E-state index in [1.165, 1.54) is 0 Å². The van der Waals surface area contributed by atoms with Gasteiger partial charge in [0, 0.05) is 18.5 Å². The van der Waals surface area contributed by atoms with Crippen LogP contribution in [0.3, 0.4) is 0 Å². The Balaban J connectivity index is 1.84. The van der Waals surface area contributed by atoms with Crippen molar-refractivity contribution in [2.45, 2.75) is 39.5 Å². The van der Waals surface area contributed by atoms with E-state index in [-0.39, 0.29) is 18.2 Å². The zero-order valence-electron chi connectivity index (χ0n) is 11.0. The lowest BCUT2D eigenvalue weighted by atomic mass is 10.2. The van der Waals surface area contributed by atoms with E-state index < -0.39 is 0 Å². The molecule has 2 amide bonds. The fraction of sp³-hybridized carbons (Fsp3) is 0.667. The SMILES string of the molecule is Cc1nc(CNC(=O)N2CC(C)OC(C)C2)cs1. The van der Waals surface area contributed by atoms with Gasteiger partial charge in [0.15, 0.2) is 0 Å². The number of morpholine rings is 1. The third-order valence-corrected chi connectivity index (χ3v) is 3.62. The molecule has 2 heterocycles. The van der Waals surface area contributed by atoms with Crippen molar-refractivity contribution in [3.05, 3.63) is 16.1 Å². The lowest BCUT2D eigenvalue weighted by molar-refractivity contribution is -0.0545. The number of nitrogens with one attached hydrogen (secondary N) is 1. The minimum absolute atomic E-state index is 0.0392. The van der Waals surface area contributed by atoms with Crippen LogP contribution in [0.25, 0.3) is 0 Å². The summed E-state index contributed by atoms with van der Waals surface area (Å²) in [5.74, 6) is 0. The summed E-state index contributed by atoms with van der Waals surface area (Å²) in [7, 11) is 0. The fourth-order valence-electron chi connectivity index (χ4n) is 2.11. The van der Waals surface area contributed by atoms with Crippen molar-refractivity contribution in [2.75, 3.05) is 13.1 Å². The Labute approximate surface area is 111 Å². The first-order chi connectivity index (χ1) is 8.54. The van der Waals surface area contributed by atoms with Gasteiger partial charge in [0.25, 0.3) is 0 Å². The number of hydrogen-bond acceptors (Lipinski definition) is 4. The van der Waals surface area contributed by atoms with Crippen LogP contribution >= 0.6 is 11.3 Å². The number of hydrogen-bond donors (Lipinski definition) is 1. The molecule has 0 saturated carbocycles. The molecule has 0 spiro atoms. The molecule has 0 aromatic carbocycles. The molecule has 0 radical (unpaired) electrons. The third kappa shape index (κ3) is 3.43. The summed E-state index contributed by atoms with van der Waals surface area (Å²) in [6.45, 7) is 7.71. The second-order valence-corrected chi connectivity index (χ2v) is 5.74. The van der Waals surface area contributed by atoms with Crippen LogP contribution in [0.2, 0.25) is 0 Å². The molecule has 2 rings (SSSR count). The van der Waals surface area contributed by atoms with Gasteiger partial charge in [-0.25, -0.2) is 9.78 Å². The maximum Gasteiger partial charge on any atom is 0.317 e. The third-order valence-electron chi connectivity index (χ3n) is 2.79. The smallest absolute Gasteiger partial charge is 0.317 e. The van der Waals surface area contributed by atoms with Crippen molar-refractivity contribution >= 4 is 17.4 Å². The van der Waals surface area contributed by atoms with E-state index in [0.717, 1.165) is 10.7 Å². The van der Waals surface area contributed by atoms with Crippen LogP contribution in [-0.2, 0) is 11.3 Å². The van der Waals surface area contributed by atoms with Gasteiger partial charge in [-0.3, -0.25) is 0 Å². The number of rotatable bonds is 2. The van der Waals surface area contributed by atoms with Gasteiger partial charge in [-0.05, 0) is 20.8 Å². The zero-order chi connectivity index (χ0) is 13.1. The zero-order valence-corrected chi connectivity index (χ0v) is 11.8. The monoisotopic (exact) mass is 269 g/mol. The molecular formula is C12H19N3O2S. The number of carbonyl (C=O) groups is 1. The minimum Gasteiger partial charge on any atom is -0.372 e.